The Bertz CT molecular complexity index is 426. The van der Waals surface area contributed by atoms with Gasteiger partial charge in [0.25, 0.3) is 0 Å². The largest absolute Gasteiger partial charge is 0.259 e. The molecule has 0 atom stereocenters. The van der Waals surface area contributed by atoms with Crippen LogP contribution in [0.2, 0.25) is 0 Å². The van der Waals surface area contributed by atoms with E-state index in [1.54, 1.807) is 12.3 Å². The van der Waals surface area contributed by atoms with E-state index >= 15 is 0 Å². The molecule has 0 aliphatic carbocycles. The van der Waals surface area contributed by atoms with E-state index in [0.717, 1.165) is 16.6 Å². The van der Waals surface area contributed by atoms with E-state index in [1.807, 2.05) is 6.92 Å². The highest BCUT2D eigenvalue weighted by atomic mass is 19.1. The highest BCUT2D eigenvalue weighted by Crippen LogP contribution is 2.13. The molecule has 12 heavy (non-hydrogen) atoms. The maximum atomic E-state index is 12.7. The first-order valence-electron chi connectivity index (χ1n) is 3.64. The summed E-state index contributed by atoms with van der Waals surface area (Å²) >= 11 is 0. The van der Waals surface area contributed by atoms with E-state index in [9.17, 15) is 4.39 Å². The average Bonchev–Trinajstić information content (AvgIpc) is 2.04. The molecule has 2 nitrogen and oxygen atoms in total. The van der Waals surface area contributed by atoms with Crippen LogP contribution in [0.3, 0.4) is 0 Å². The molecule has 0 N–H and O–H groups in total. The van der Waals surface area contributed by atoms with Gasteiger partial charge in [0.15, 0.2) is 0 Å². The van der Waals surface area contributed by atoms with Crippen molar-refractivity contribution in [3.63, 3.8) is 0 Å². The third kappa shape index (κ3) is 1.03. The molecule has 2 heterocycles. The lowest BCUT2D eigenvalue weighted by molar-refractivity contribution is 0.624. The Balaban J connectivity index is 2.86. The van der Waals surface area contributed by atoms with Crippen molar-refractivity contribution in [3.05, 3.63) is 36.0 Å². The lowest BCUT2D eigenvalue weighted by Crippen LogP contribution is -1.87. The Morgan fingerprint density at radius 1 is 1.33 bits per heavy atom. The second-order valence-electron chi connectivity index (χ2n) is 2.62. The summed E-state index contributed by atoms with van der Waals surface area (Å²) in [7, 11) is 0. The van der Waals surface area contributed by atoms with Crippen molar-refractivity contribution in [3.8, 4) is 0 Å². The first kappa shape index (κ1) is 7.16. The third-order valence-corrected chi connectivity index (χ3v) is 1.75. The molecule has 3 heteroatoms. The fourth-order valence-electron chi connectivity index (χ4n) is 1.17. The van der Waals surface area contributed by atoms with Crippen LogP contribution in [0.15, 0.2) is 24.5 Å². The first-order valence-corrected chi connectivity index (χ1v) is 3.64. The van der Waals surface area contributed by atoms with Gasteiger partial charge in [0, 0.05) is 11.6 Å². The van der Waals surface area contributed by atoms with Crippen LogP contribution < -0.4 is 0 Å². The molecule has 0 fully saturated rings. The topological polar surface area (TPSA) is 25.8 Å². The second-order valence-corrected chi connectivity index (χ2v) is 2.62. The van der Waals surface area contributed by atoms with Gasteiger partial charge in [-0.25, -0.2) is 4.39 Å². The summed E-state index contributed by atoms with van der Waals surface area (Å²) in [4.78, 5) is 7.99. The second kappa shape index (κ2) is 2.52. The quantitative estimate of drug-likeness (QED) is 0.592. The standard InChI is InChI=1S/C9H7FN2/c1-6-9-7(2-3-11-6)4-8(10)5-12-9/h2-5H,1H3. The summed E-state index contributed by atoms with van der Waals surface area (Å²) in [6, 6.07) is 3.20. The fourth-order valence-corrected chi connectivity index (χ4v) is 1.17. The van der Waals surface area contributed by atoms with E-state index < -0.39 is 0 Å². The maximum absolute atomic E-state index is 12.7. The molecule has 0 aliphatic rings. The molecule has 0 bridgehead atoms. The number of nitrogens with zero attached hydrogens (tertiary/aromatic N) is 2. The molecule has 0 radical (unpaired) electrons. The van der Waals surface area contributed by atoms with Crippen LogP contribution in [0, 0.1) is 12.7 Å². The number of pyridine rings is 2. The Labute approximate surface area is 69.1 Å². The molecule has 0 spiro atoms. The summed E-state index contributed by atoms with van der Waals surface area (Å²) in [6.45, 7) is 1.85. The number of halogens is 1. The summed E-state index contributed by atoms with van der Waals surface area (Å²) in [6.07, 6.45) is 2.86. The highest BCUT2D eigenvalue weighted by Gasteiger charge is 1.99. The Kier molecular flexibility index (Phi) is 1.50. The Morgan fingerprint density at radius 3 is 3.00 bits per heavy atom. The number of hydrogen-bond donors (Lipinski definition) is 0. The third-order valence-electron chi connectivity index (χ3n) is 1.75. The van der Waals surface area contributed by atoms with E-state index in [-0.39, 0.29) is 5.82 Å². The van der Waals surface area contributed by atoms with Crippen molar-refractivity contribution < 1.29 is 4.39 Å². The van der Waals surface area contributed by atoms with Crippen LogP contribution in [0.5, 0.6) is 0 Å². The van der Waals surface area contributed by atoms with Crippen molar-refractivity contribution >= 4 is 10.9 Å². The van der Waals surface area contributed by atoms with Crippen LogP contribution in [0.1, 0.15) is 5.69 Å². The van der Waals surface area contributed by atoms with E-state index in [4.69, 9.17) is 0 Å². The van der Waals surface area contributed by atoms with Crippen molar-refractivity contribution in [2.75, 3.05) is 0 Å². The van der Waals surface area contributed by atoms with Crippen LogP contribution >= 0.6 is 0 Å². The first-order chi connectivity index (χ1) is 5.77. The van der Waals surface area contributed by atoms with Crippen LogP contribution in [0.25, 0.3) is 10.9 Å². The molecule has 0 saturated heterocycles. The van der Waals surface area contributed by atoms with Crippen molar-refractivity contribution in [2.45, 2.75) is 6.92 Å². The van der Waals surface area contributed by atoms with Gasteiger partial charge in [-0.3, -0.25) is 9.97 Å². The van der Waals surface area contributed by atoms with Gasteiger partial charge in [-0.1, -0.05) is 0 Å². The predicted octanol–water partition coefficient (Wildman–Crippen LogP) is 2.08. The number of rotatable bonds is 0. The normalized spacial score (nSPS) is 10.5. The molecule has 0 amide bonds. The zero-order chi connectivity index (χ0) is 8.55. The Hall–Kier alpha value is -1.51. The minimum absolute atomic E-state index is 0.312. The molecular weight excluding hydrogens is 155 g/mol. The van der Waals surface area contributed by atoms with Crippen LogP contribution in [0.4, 0.5) is 4.39 Å². The zero-order valence-electron chi connectivity index (χ0n) is 6.58. The maximum Gasteiger partial charge on any atom is 0.142 e. The molecule has 60 valence electrons. The lowest BCUT2D eigenvalue weighted by atomic mass is 10.2. The van der Waals surface area contributed by atoms with Crippen LogP contribution in [-0.2, 0) is 0 Å². The number of aryl methyl sites for hydroxylation is 1. The van der Waals surface area contributed by atoms with Crippen LogP contribution in [-0.4, -0.2) is 9.97 Å². The molecule has 0 aliphatic heterocycles. The van der Waals surface area contributed by atoms with Gasteiger partial charge >= 0.3 is 0 Å². The van der Waals surface area contributed by atoms with Crippen molar-refractivity contribution in [2.24, 2.45) is 0 Å². The van der Waals surface area contributed by atoms with E-state index in [0.29, 0.717) is 0 Å². The van der Waals surface area contributed by atoms with E-state index in [2.05, 4.69) is 9.97 Å². The summed E-state index contributed by atoms with van der Waals surface area (Å²) in [5, 5.41) is 0.794. The number of fused-ring (bicyclic) bond motifs is 1. The fraction of sp³-hybridized carbons (Fsp3) is 0.111. The molecule has 0 unspecified atom stereocenters. The van der Waals surface area contributed by atoms with Gasteiger partial charge < -0.3 is 0 Å². The van der Waals surface area contributed by atoms with Gasteiger partial charge in [0.1, 0.15) is 5.82 Å². The molecule has 0 aromatic carbocycles. The predicted molar refractivity (Wildman–Crippen MR) is 44.2 cm³/mol. The summed E-state index contributed by atoms with van der Waals surface area (Å²) in [5.41, 5.74) is 1.59. The number of aromatic nitrogens is 2. The van der Waals surface area contributed by atoms with Gasteiger partial charge in [-0.05, 0) is 19.1 Å². The Morgan fingerprint density at radius 2 is 2.17 bits per heavy atom. The monoisotopic (exact) mass is 162 g/mol. The van der Waals surface area contributed by atoms with Crippen molar-refractivity contribution in [1.82, 2.24) is 9.97 Å². The molecular formula is C9H7FN2. The minimum atomic E-state index is -0.312. The average molecular weight is 162 g/mol. The summed E-state index contributed by atoms with van der Waals surface area (Å²) < 4.78 is 12.7. The van der Waals surface area contributed by atoms with Gasteiger partial charge in [0.05, 0.1) is 17.4 Å². The van der Waals surface area contributed by atoms with Gasteiger partial charge in [-0.2, -0.15) is 0 Å². The summed E-state index contributed by atoms with van der Waals surface area (Å²) in [5.74, 6) is -0.312. The van der Waals surface area contributed by atoms with Crippen molar-refractivity contribution in [1.29, 1.82) is 0 Å². The highest BCUT2D eigenvalue weighted by molar-refractivity contribution is 5.79. The zero-order valence-corrected chi connectivity index (χ0v) is 6.58. The lowest BCUT2D eigenvalue weighted by Gasteiger charge is -1.98. The molecule has 2 aromatic heterocycles. The smallest absolute Gasteiger partial charge is 0.142 e. The minimum Gasteiger partial charge on any atom is -0.259 e. The number of hydrogen-bond acceptors (Lipinski definition) is 2. The SMILES string of the molecule is Cc1nccc2cc(F)cnc12. The van der Waals surface area contributed by atoms with Gasteiger partial charge in [0.2, 0.25) is 0 Å². The molecule has 2 rings (SSSR count). The van der Waals surface area contributed by atoms with E-state index in [1.165, 1.54) is 12.3 Å². The van der Waals surface area contributed by atoms with Gasteiger partial charge in [-0.15, -0.1) is 0 Å². The molecule has 0 saturated carbocycles. The molecule has 2 aromatic rings.